The molecule has 126 valence electrons. The average Bonchev–Trinajstić information content (AvgIpc) is 3.00. The van der Waals surface area contributed by atoms with Crippen LogP contribution >= 0.6 is 0 Å². The average molecular weight is 321 g/mol. The monoisotopic (exact) mass is 321 g/mol. The highest BCUT2D eigenvalue weighted by atomic mass is 16.5. The van der Waals surface area contributed by atoms with E-state index in [-0.39, 0.29) is 24.2 Å². The van der Waals surface area contributed by atoms with Crippen molar-refractivity contribution in [3.63, 3.8) is 0 Å². The van der Waals surface area contributed by atoms with Crippen molar-refractivity contribution >= 4 is 11.8 Å². The van der Waals surface area contributed by atoms with Crippen LogP contribution in [0, 0.1) is 12.8 Å². The van der Waals surface area contributed by atoms with Crippen molar-refractivity contribution in [3.8, 4) is 0 Å². The molecule has 2 fully saturated rings. The van der Waals surface area contributed by atoms with Crippen LogP contribution in [0.3, 0.4) is 0 Å². The summed E-state index contributed by atoms with van der Waals surface area (Å²) in [5, 5.41) is 3.86. The number of hydrogen-bond donors (Lipinski definition) is 0. The number of morpholine rings is 1. The lowest BCUT2D eigenvalue weighted by atomic mass is 9.95. The van der Waals surface area contributed by atoms with Crippen molar-refractivity contribution < 1.29 is 18.8 Å². The Morgan fingerprint density at radius 1 is 1.17 bits per heavy atom. The fraction of sp³-hybridized carbons (Fsp3) is 0.688. The number of nitrogens with zero attached hydrogens (tertiary/aromatic N) is 3. The Balaban J connectivity index is 1.47. The first kappa shape index (κ1) is 16.0. The van der Waals surface area contributed by atoms with Gasteiger partial charge in [0.25, 0.3) is 0 Å². The fourth-order valence-electron chi connectivity index (χ4n) is 3.19. The largest absolute Gasteiger partial charge is 0.378 e. The summed E-state index contributed by atoms with van der Waals surface area (Å²) in [5.41, 5.74) is 0.666. The van der Waals surface area contributed by atoms with Crippen LogP contribution < -0.4 is 0 Å². The van der Waals surface area contributed by atoms with Gasteiger partial charge in [-0.15, -0.1) is 0 Å². The molecule has 0 N–H and O–H groups in total. The predicted molar refractivity (Wildman–Crippen MR) is 81.6 cm³/mol. The second-order valence-electron chi connectivity index (χ2n) is 6.20. The Labute approximate surface area is 135 Å². The topological polar surface area (TPSA) is 75.9 Å². The smallest absolute Gasteiger partial charge is 0.228 e. The molecule has 2 aliphatic rings. The number of carbonyl (C=O) groups is 2. The van der Waals surface area contributed by atoms with Crippen molar-refractivity contribution in [2.45, 2.75) is 26.2 Å². The molecule has 0 bridgehead atoms. The zero-order valence-corrected chi connectivity index (χ0v) is 13.5. The summed E-state index contributed by atoms with van der Waals surface area (Å²) in [6, 6.07) is 1.78. The van der Waals surface area contributed by atoms with E-state index in [1.54, 1.807) is 6.07 Å². The van der Waals surface area contributed by atoms with E-state index in [2.05, 4.69) is 5.16 Å². The summed E-state index contributed by atoms with van der Waals surface area (Å²) < 4.78 is 10.3. The van der Waals surface area contributed by atoms with Crippen LogP contribution in [-0.2, 0) is 20.7 Å². The molecule has 0 spiro atoms. The number of carbonyl (C=O) groups excluding carboxylic acids is 2. The fourth-order valence-corrected chi connectivity index (χ4v) is 3.19. The van der Waals surface area contributed by atoms with Gasteiger partial charge in [-0.05, 0) is 19.8 Å². The maximum Gasteiger partial charge on any atom is 0.228 e. The van der Waals surface area contributed by atoms with Gasteiger partial charge in [0, 0.05) is 38.2 Å². The number of aromatic nitrogens is 1. The van der Waals surface area contributed by atoms with Gasteiger partial charge in [0.1, 0.15) is 5.76 Å². The second-order valence-corrected chi connectivity index (χ2v) is 6.20. The molecule has 1 aromatic rings. The highest BCUT2D eigenvalue weighted by Crippen LogP contribution is 2.21. The summed E-state index contributed by atoms with van der Waals surface area (Å²) in [5.74, 6) is 1.01. The number of amides is 2. The third-order valence-corrected chi connectivity index (χ3v) is 4.53. The molecule has 0 unspecified atom stereocenters. The van der Waals surface area contributed by atoms with Gasteiger partial charge in [-0.25, -0.2) is 0 Å². The Kier molecular flexibility index (Phi) is 4.95. The van der Waals surface area contributed by atoms with Gasteiger partial charge >= 0.3 is 0 Å². The van der Waals surface area contributed by atoms with Gasteiger partial charge in [-0.3, -0.25) is 9.59 Å². The van der Waals surface area contributed by atoms with E-state index >= 15 is 0 Å². The molecule has 0 aromatic carbocycles. The molecule has 2 aliphatic heterocycles. The van der Waals surface area contributed by atoms with Crippen LogP contribution in [0.4, 0.5) is 0 Å². The first-order valence-electron chi connectivity index (χ1n) is 8.20. The van der Waals surface area contributed by atoms with Gasteiger partial charge in [0.2, 0.25) is 11.8 Å². The van der Waals surface area contributed by atoms with Crippen LogP contribution in [0.25, 0.3) is 0 Å². The molecule has 2 saturated heterocycles. The summed E-state index contributed by atoms with van der Waals surface area (Å²) in [6.07, 6.45) is 1.74. The van der Waals surface area contributed by atoms with Crippen LogP contribution in [0.1, 0.15) is 24.3 Å². The van der Waals surface area contributed by atoms with Gasteiger partial charge in [0.05, 0.1) is 25.3 Å². The van der Waals surface area contributed by atoms with Gasteiger partial charge in [-0.2, -0.15) is 0 Å². The number of piperidine rings is 1. The number of rotatable bonds is 3. The molecule has 7 nitrogen and oxygen atoms in total. The first-order valence-corrected chi connectivity index (χ1v) is 8.20. The maximum absolute atomic E-state index is 12.5. The molecule has 3 rings (SSSR count). The van der Waals surface area contributed by atoms with Gasteiger partial charge in [-0.1, -0.05) is 5.16 Å². The zero-order chi connectivity index (χ0) is 16.2. The van der Waals surface area contributed by atoms with E-state index in [0.717, 1.165) is 12.8 Å². The normalized spacial score (nSPS) is 19.9. The Morgan fingerprint density at radius 3 is 2.48 bits per heavy atom. The summed E-state index contributed by atoms with van der Waals surface area (Å²) in [4.78, 5) is 28.5. The van der Waals surface area contributed by atoms with Gasteiger partial charge in [0.15, 0.2) is 0 Å². The lowest BCUT2D eigenvalue weighted by Gasteiger charge is -2.35. The minimum absolute atomic E-state index is 0.0337. The van der Waals surface area contributed by atoms with Crippen molar-refractivity contribution in [1.29, 1.82) is 0 Å². The minimum atomic E-state index is 0.0337. The first-order chi connectivity index (χ1) is 11.1. The summed E-state index contributed by atoms with van der Waals surface area (Å²) >= 11 is 0. The van der Waals surface area contributed by atoms with Crippen LogP contribution in [0.2, 0.25) is 0 Å². The van der Waals surface area contributed by atoms with E-state index in [1.165, 1.54) is 0 Å². The van der Waals surface area contributed by atoms with Crippen LogP contribution in [0.5, 0.6) is 0 Å². The van der Waals surface area contributed by atoms with Crippen molar-refractivity contribution in [3.05, 3.63) is 17.5 Å². The minimum Gasteiger partial charge on any atom is -0.378 e. The standard InChI is InChI=1S/C16H23N3O4/c1-12-10-14(17-23-12)11-15(20)18-4-2-13(3-5-18)16(21)19-6-8-22-9-7-19/h10,13H,2-9,11H2,1H3. The van der Waals surface area contributed by atoms with Crippen molar-refractivity contribution in [2.75, 3.05) is 39.4 Å². The molecule has 0 atom stereocenters. The maximum atomic E-state index is 12.5. The molecule has 0 radical (unpaired) electrons. The molecular formula is C16H23N3O4. The molecule has 1 aromatic heterocycles. The number of ether oxygens (including phenoxy) is 1. The molecular weight excluding hydrogens is 298 g/mol. The zero-order valence-electron chi connectivity index (χ0n) is 13.5. The summed E-state index contributed by atoms with van der Waals surface area (Å²) in [7, 11) is 0. The van der Waals surface area contributed by atoms with E-state index < -0.39 is 0 Å². The Hall–Kier alpha value is -1.89. The van der Waals surface area contributed by atoms with E-state index in [9.17, 15) is 9.59 Å². The van der Waals surface area contributed by atoms with Crippen molar-refractivity contribution in [2.24, 2.45) is 5.92 Å². The van der Waals surface area contributed by atoms with Crippen LogP contribution in [-0.4, -0.2) is 66.2 Å². The lowest BCUT2D eigenvalue weighted by molar-refractivity contribution is -0.143. The lowest BCUT2D eigenvalue weighted by Crippen LogP contribution is -2.47. The highest BCUT2D eigenvalue weighted by Gasteiger charge is 2.30. The van der Waals surface area contributed by atoms with Crippen LogP contribution in [0.15, 0.2) is 10.6 Å². The number of hydrogen-bond acceptors (Lipinski definition) is 5. The van der Waals surface area contributed by atoms with Gasteiger partial charge < -0.3 is 19.1 Å². The SMILES string of the molecule is Cc1cc(CC(=O)N2CCC(C(=O)N3CCOCC3)CC2)no1. The highest BCUT2D eigenvalue weighted by molar-refractivity contribution is 5.81. The molecule has 0 aliphatic carbocycles. The number of likely N-dealkylation sites (tertiary alicyclic amines) is 1. The molecule has 23 heavy (non-hydrogen) atoms. The summed E-state index contributed by atoms with van der Waals surface area (Å²) in [6.45, 7) is 5.70. The molecule has 0 saturated carbocycles. The Morgan fingerprint density at radius 2 is 1.87 bits per heavy atom. The Bertz CT molecular complexity index is 557. The molecule has 2 amide bonds. The van der Waals surface area contributed by atoms with E-state index in [4.69, 9.17) is 9.26 Å². The predicted octanol–water partition coefficient (Wildman–Crippen LogP) is 0.623. The number of aryl methyl sites for hydroxylation is 1. The molecule has 3 heterocycles. The van der Waals surface area contributed by atoms with E-state index in [0.29, 0.717) is 50.8 Å². The quantitative estimate of drug-likeness (QED) is 0.816. The van der Waals surface area contributed by atoms with Crippen molar-refractivity contribution in [1.82, 2.24) is 15.0 Å². The second kappa shape index (κ2) is 7.12. The third-order valence-electron chi connectivity index (χ3n) is 4.53. The van der Waals surface area contributed by atoms with E-state index in [1.807, 2.05) is 16.7 Å². The third kappa shape index (κ3) is 3.90. The molecule has 7 heteroatoms.